The monoisotopic (exact) mass is 268 g/mol. The third-order valence-corrected chi connectivity index (χ3v) is 3.04. The SMILES string of the molecule is CCCN(CC)c1ccc(CNCCOC)cc1F. The number of benzene rings is 1. The van der Waals surface area contributed by atoms with Crippen LogP contribution in [0.4, 0.5) is 10.1 Å². The molecule has 1 rings (SSSR count). The molecule has 0 saturated heterocycles. The lowest BCUT2D eigenvalue weighted by molar-refractivity contribution is 0.199. The van der Waals surface area contributed by atoms with Crippen molar-refractivity contribution in [2.24, 2.45) is 0 Å². The van der Waals surface area contributed by atoms with Crippen LogP contribution in [0.1, 0.15) is 25.8 Å². The molecule has 0 aliphatic heterocycles. The maximum atomic E-state index is 14.1. The summed E-state index contributed by atoms with van der Waals surface area (Å²) in [6.07, 6.45) is 1.02. The van der Waals surface area contributed by atoms with E-state index in [1.807, 2.05) is 12.1 Å². The Hall–Kier alpha value is -1.13. The van der Waals surface area contributed by atoms with Crippen LogP contribution in [-0.2, 0) is 11.3 Å². The summed E-state index contributed by atoms with van der Waals surface area (Å²) in [5.74, 6) is -0.138. The van der Waals surface area contributed by atoms with Gasteiger partial charge in [-0.1, -0.05) is 13.0 Å². The van der Waals surface area contributed by atoms with E-state index in [4.69, 9.17) is 4.74 Å². The van der Waals surface area contributed by atoms with Gasteiger partial charge in [0.15, 0.2) is 0 Å². The standard InChI is InChI=1S/C15H25FN2O/c1-4-9-18(5-2)15-7-6-13(11-14(15)16)12-17-8-10-19-3/h6-7,11,17H,4-5,8-10,12H2,1-3H3. The molecular formula is C15H25FN2O. The molecule has 0 amide bonds. The summed E-state index contributed by atoms with van der Waals surface area (Å²) in [6.45, 7) is 7.98. The van der Waals surface area contributed by atoms with E-state index < -0.39 is 0 Å². The molecule has 0 aromatic heterocycles. The highest BCUT2D eigenvalue weighted by Crippen LogP contribution is 2.20. The first-order chi connectivity index (χ1) is 9.22. The van der Waals surface area contributed by atoms with Crippen molar-refractivity contribution in [3.05, 3.63) is 29.6 Å². The first-order valence-corrected chi connectivity index (χ1v) is 6.95. The largest absolute Gasteiger partial charge is 0.383 e. The third kappa shape index (κ3) is 5.17. The molecule has 0 heterocycles. The van der Waals surface area contributed by atoms with Gasteiger partial charge in [0.2, 0.25) is 0 Å². The van der Waals surface area contributed by atoms with E-state index in [-0.39, 0.29) is 5.82 Å². The number of methoxy groups -OCH3 is 1. The molecule has 0 aliphatic rings. The minimum absolute atomic E-state index is 0.138. The van der Waals surface area contributed by atoms with Crippen LogP contribution in [0.2, 0.25) is 0 Å². The van der Waals surface area contributed by atoms with E-state index in [1.54, 1.807) is 13.2 Å². The molecule has 1 aromatic rings. The Morgan fingerprint density at radius 2 is 2.11 bits per heavy atom. The molecule has 0 atom stereocenters. The lowest BCUT2D eigenvalue weighted by Gasteiger charge is -2.23. The fraction of sp³-hybridized carbons (Fsp3) is 0.600. The number of nitrogens with zero attached hydrogens (tertiary/aromatic N) is 1. The van der Waals surface area contributed by atoms with E-state index >= 15 is 0 Å². The van der Waals surface area contributed by atoms with Gasteiger partial charge in [-0.05, 0) is 31.0 Å². The predicted molar refractivity (Wildman–Crippen MR) is 78.2 cm³/mol. The van der Waals surface area contributed by atoms with E-state index in [0.717, 1.165) is 31.6 Å². The van der Waals surface area contributed by atoms with Gasteiger partial charge in [-0.15, -0.1) is 0 Å². The van der Waals surface area contributed by atoms with Gasteiger partial charge in [0.05, 0.1) is 12.3 Å². The van der Waals surface area contributed by atoms with Crippen molar-refractivity contribution in [2.45, 2.75) is 26.8 Å². The lowest BCUT2D eigenvalue weighted by Crippen LogP contribution is -2.24. The number of halogens is 1. The molecule has 0 bridgehead atoms. The second-order valence-electron chi connectivity index (χ2n) is 4.54. The van der Waals surface area contributed by atoms with Crippen molar-refractivity contribution in [1.82, 2.24) is 5.32 Å². The van der Waals surface area contributed by atoms with Gasteiger partial charge in [0, 0.05) is 33.3 Å². The Labute approximate surface area is 115 Å². The number of anilines is 1. The van der Waals surface area contributed by atoms with Crippen LogP contribution in [0.3, 0.4) is 0 Å². The van der Waals surface area contributed by atoms with Crippen molar-refractivity contribution in [2.75, 3.05) is 38.3 Å². The molecule has 0 fully saturated rings. The average molecular weight is 268 g/mol. The van der Waals surface area contributed by atoms with Crippen LogP contribution in [0.5, 0.6) is 0 Å². The summed E-state index contributed by atoms with van der Waals surface area (Å²) in [7, 11) is 1.67. The molecule has 0 saturated carbocycles. The van der Waals surface area contributed by atoms with Crippen molar-refractivity contribution in [3.8, 4) is 0 Å². The van der Waals surface area contributed by atoms with E-state index in [2.05, 4.69) is 24.1 Å². The van der Waals surface area contributed by atoms with Gasteiger partial charge in [-0.3, -0.25) is 0 Å². The van der Waals surface area contributed by atoms with Crippen LogP contribution < -0.4 is 10.2 Å². The van der Waals surface area contributed by atoms with Gasteiger partial charge in [0.1, 0.15) is 5.82 Å². The molecular weight excluding hydrogens is 243 g/mol. The summed E-state index contributed by atoms with van der Waals surface area (Å²) in [5, 5.41) is 3.21. The van der Waals surface area contributed by atoms with Crippen molar-refractivity contribution < 1.29 is 9.13 Å². The van der Waals surface area contributed by atoms with Gasteiger partial charge in [-0.2, -0.15) is 0 Å². The number of rotatable bonds is 9. The molecule has 0 spiro atoms. The summed E-state index contributed by atoms with van der Waals surface area (Å²) >= 11 is 0. The number of hydrogen-bond acceptors (Lipinski definition) is 3. The van der Waals surface area contributed by atoms with E-state index in [9.17, 15) is 4.39 Å². The number of ether oxygens (including phenoxy) is 1. The molecule has 0 unspecified atom stereocenters. The second-order valence-corrected chi connectivity index (χ2v) is 4.54. The number of nitrogens with one attached hydrogen (secondary N) is 1. The maximum Gasteiger partial charge on any atom is 0.146 e. The molecule has 1 N–H and O–H groups in total. The average Bonchev–Trinajstić information content (AvgIpc) is 2.42. The van der Waals surface area contributed by atoms with Crippen LogP contribution in [0.15, 0.2) is 18.2 Å². The van der Waals surface area contributed by atoms with Crippen LogP contribution in [-0.4, -0.2) is 33.4 Å². The first kappa shape index (κ1) is 15.9. The molecule has 108 valence electrons. The summed E-state index contributed by atoms with van der Waals surface area (Å²) < 4.78 is 19.0. The molecule has 3 nitrogen and oxygen atoms in total. The summed E-state index contributed by atoms with van der Waals surface area (Å²) in [5.41, 5.74) is 1.66. The normalized spacial score (nSPS) is 10.7. The van der Waals surface area contributed by atoms with E-state index in [0.29, 0.717) is 18.8 Å². The number of hydrogen-bond donors (Lipinski definition) is 1. The molecule has 4 heteroatoms. The Morgan fingerprint density at radius 3 is 2.68 bits per heavy atom. The molecule has 19 heavy (non-hydrogen) atoms. The lowest BCUT2D eigenvalue weighted by atomic mass is 10.1. The van der Waals surface area contributed by atoms with Gasteiger partial charge in [-0.25, -0.2) is 4.39 Å². The summed E-state index contributed by atoms with van der Waals surface area (Å²) in [4.78, 5) is 2.07. The smallest absolute Gasteiger partial charge is 0.146 e. The molecule has 0 radical (unpaired) electrons. The highest BCUT2D eigenvalue weighted by Gasteiger charge is 2.09. The highest BCUT2D eigenvalue weighted by atomic mass is 19.1. The quantitative estimate of drug-likeness (QED) is 0.697. The zero-order valence-corrected chi connectivity index (χ0v) is 12.2. The Morgan fingerprint density at radius 1 is 1.32 bits per heavy atom. The summed E-state index contributed by atoms with van der Waals surface area (Å²) in [6, 6.07) is 5.48. The zero-order chi connectivity index (χ0) is 14.1. The fourth-order valence-corrected chi connectivity index (χ4v) is 2.04. The first-order valence-electron chi connectivity index (χ1n) is 6.95. The predicted octanol–water partition coefficient (Wildman–Crippen LogP) is 2.80. The van der Waals surface area contributed by atoms with Crippen molar-refractivity contribution >= 4 is 5.69 Å². The minimum Gasteiger partial charge on any atom is -0.383 e. The van der Waals surface area contributed by atoms with Crippen molar-refractivity contribution in [3.63, 3.8) is 0 Å². The van der Waals surface area contributed by atoms with Crippen molar-refractivity contribution in [1.29, 1.82) is 0 Å². The van der Waals surface area contributed by atoms with Crippen LogP contribution >= 0.6 is 0 Å². The molecule has 0 aliphatic carbocycles. The Bertz CT molecular complexity index is 371. The zero-order valence-electron chi connectivity index (χ0n) is 12.2. The van der Waals surface area contributed by atoms with E-state index in [1.165, 1.54) is 0 Å². The highest BCUT2D eigenvalue weighted by molar-refractivity contribution is 5.49. The maximum absolute atomic E-state index is 14.1. The molecule has 1 aromatic carbocycles. The topological polar surface area (TPSA) is 24.5 Å². The van der Waals surface area contributed by atoms with Crippen LogP contribution in [0, 0.1) is 5.82 Å². The van der Waals surface area contributed by atoms with Crippen LogP contribution in [0.25, 0.3) is 0 Å². The van der Waals surface area contributed by atoms with Gasteiger partial charge < -0.3 is 15.0 Å². The Kier molecular flexibility index (Phi) is 7.45. The second kappa shape index (κ2) is 8.88. The fourth-order valence-electron chi connectivity index (χ4n) is 2.04. The van der Waals surface area contributed by atoms with Gasteiger partial charge >= 0.3 is 0 Å². The van der Waals surface area contributed by atoms with Gasteiger partial charge in [0.25, 0.3) is 0 Å². The Balaban J connectivity index is 2.62. The minimum atomic E-state index is -0.138. The third-order valence-electron chi connectivity index (χ3n) is 3.04.